The monoisotopic (exact) mass is 255 g/mol. The smallest absolute Gasteiger partial charge is 0.310 e. The second-order valence-corrected chi connectivity index (χ2v) is 4.82. The summed E-state index contributed by atoms with van der Waals surface area (Å²) in [5.41, 5.74) is 6.45. The van der Waals surface area contributed by atoms with E-state index in [2.05, 4.69) is 0 Å². The summed E-state index contributed by atoms with van der Waals surface area (Å²) in [4.78, 5) is 12.5. The van der Waals surface area contributed by atoms with Crippen LogP contribution in [0.4, 0.5) is 11.4 Å². The number of nitro groups is 1. The summed E-state index contributed by atoms with van der Waals surface area (Å²) in [5.74, 6) is 0.327. The molecular weight excluding hydrogens is 242 g/mol. The molecule has 17 heavy (non-hydrogen) atoms. The maximum Gasteiger partial charge on any atom is 0.310 e. The van der Waals surface area contributed by atoms with Gasteiger partial charge >= 0.3 is 5.69 Å². The van der Waals surface area contributed by atoms with Crippen LogP contribution in [0.25, 0.3) is 0 Å². The fourth-order valence-corrected chi connectivity index (χ4v) is 2.37. The first-order valence-corrected chi connectivity index (χ1v) is 5.82. The van der Waals surface area contributed by atoms with Gasteiger partial charge in [-0.05, 0) is 18.1 Å². The van der Waals surface area contributed by atoms with Crippen molar-refractivity contribution in [3.8, 4) is 0 Å². The number of nitrogens with zero attached hydrogens (tertiary/aromatic N) is 2. The molecule has 2 unspecified atom stereocenters. The molecule has 1 saturated heterocycles. The van der Waals surface area contributed by atoms with Gasteiger partial charge in [0.2, 0.25) is 0 Å². The Morgan fingerprint density at radius 1 is 1.53 bits per heavy atom. The van der Waals surface area contributed by atoms with E-state index in [1.54, 1.807) is 12.1 Å². The lowest BCUT2D eigenvalue weighted by Gasteiger charge is -2.18. The van der Waals surface area contributed by atoms with Crippen LogP contribution in [0.3, 0.4) is 0 Å². The molecule has 2 N–H and O–H groups in total. The van der Waals surface area contributed by atoms with Crippen LogP contribution < -0.4 is 10.6 Å². The van der Waals surface area contributed by atoms with E-state index in [1.807, 2.05) is 11.8 Å². The number of benzene rings is 1. The summed E-state index contributed by atoms with van der Waals surface area (Å²) >= 11 is 5.88. The number of rotatable bonds is 2. The van der Waals surface area contributed by atoms with E-state index in [4.69, 9.17) is 17.3 Å². The molecule has 0 radical (unpaired) electrons. The van der Waals surface area contributed by atoms with Gasteiger partial charge in [-0.1, -0.05) is 24.6 Å². The number of halogens is 1. The molecule has 5 nitrogen and oxygen atoms in total. The highest BCUT2D eigenvalue weighted by atomic mass is 35.5. The van der Waals surface area contributed by atoms with Gasteiger partial charge in [-0.15, -0.1) is 0 Å². The van der Waals surface area contributed by atoms with E-state index in [1.165, 1.54) is 6.07 Å². The Morgan fingerprint density at radius 3 is 2.76 bits per heavy atom. The van der Waals surface area contributed by atoms with E-state index in [9.17, 15) is 10.1 Å². The van der Waals surface area contributed by atoms with Crippen molar-refractivity contribution in [2.45, 2.75) is 13.0 Å². The molecule has 2 rings (SSSR count). The standard InChI is InChI=1S/C11H14ClN3O2/c1-7-5-14(6-9(7)13)10-4-2-3-8(12)11(10)15(16)17/h2-4,7,9H,5-6,13H2,1H3. The number of anilines is 1. The zero-order valence-electron chi connectivity index (χ0n) is 9.47. The lowest BCUT2D eigenvalue weighted by molar-refractivity contribution is -0.384. The van der Waals surface area contributed by atoms with Gasteiger partial charge in [0.25, 0.3) is 0 Å². The Balaban J connectivity index is 2.39. The van der Waals surface area contributed by atoms with Crippen molar-refractivity contribution >= 4 is 23.0 Å². The summed E-state index contributed by atoms with van der Waals surface area (Å²) in [6, 6.07) is 5.02. The zero-order chi connectivity index (χ0) is 12.6. The number of hydrogen-bond acceptors (Lipinski definition) is 4. The van der Waals surface area contributed by atoms with E-state index < -0.39 is 4.92 Å². The molecular formula is C11H14ClN3O2. The third-order valence-electron chi connectivity index (χ3n) is 3.16. The topological polar surface area (TPSA) is 72.4 Å². The van der Waals surface area contributed by atoms with Crippen LogP contribution in [-0.2, 0) is 0 Å². The van der Waals surface area contributed by atoms with Crippen LogP contribution in [-0.4, -0.2) is 24.1 Å². The first-order chi connectivity index (χ1) is 8.00. The highest BCUT2D eigenvalue weighted by Gasteiger charge is 2.31. The van der Waals surface area contributed by atoms with Gasteiger partial charge < -0.3 is 10.6 Å². The van der Waals surface area contributed by atoms with Crippen molar-refractivity contribution in [1.29, 1.82) is 0 Å². The van der Waals surface area contributed by atoms with Crippen molar-refractivity contribution in [2.24, 2.45) is 11.7 Å². The molecule has 0 amide bonds. The minimum Gasteiger partial charge on any atom is -0.364 e. The van der Waals surface area contributed by atoms with Crippen molar-refractivity contribution in [3.05, 3.63) is 33.3 Å². The molecule has 0 aliphatic carbocycles. The molecule has 1 fully saturated rings. The normalized spacial score (nSPS) is 24.1. The molecule has 1 aromatic rings. The summed E-state index contributed by atoms with van der Waals surface area (Å²) < 4.78 is 0. The van der Waals surface area contributed by atoms with Gasteiger partial charge in [0.05, 0.1) is 4.92 Å². The van der Waals surface area contributed by atoms with Crippen LogP contribution >= 0.6 is 11.6 Å². The van der Waals surface area contributed by atoms with E-state index in [0.717, 1.165) is 6.54 Å². The van der Waals surface area contributed by atoms with Crippen molar-refractivity contribution in [2.75, 3.05) is 18.0 Å². The van der Waals surface area contributed by atoms with Gasteiger partial charge in [-0.2, -0.15) is 0 Å². The minimum atomic E-state index is -0.438. The predicted molar refractivity (Wildman–Crippen MR) is 67.5 cm³/mol. The quantitative estimate of drug-likeness (QED) is 0.648. The fourth-order valence-electron chi connectivity index (χ4n) is 2.13. The highest BCUT2D eigenvalue weighted by Crippen LogP contribution is 2.36. The Kier molecular flexibility index (Phi) is 3.22. The van der Waals surface area contributed by atoms with Crippen LogP contribution in [0.1, 0.15) is 6.92 Å². The van der Waals surface area contributed by atoms with Crippen LogP contribution in [0, 0.1) is 16.0 Å². The van der Waals surface area contributed by atoms with Crippen LogP contribution in [0.15, 0.2) is 18.2 Å². The Hall–Kier alpha value is -1.33. The SMILES string of the molecule is CC1CN(c2cccc(Cl)c2[N+](=O)[O-])CC1N. The molecule has 0 aromatic heterocycles. The van der Waals surface area contributed by atoms with Crippen LogP contribution in [0.5, 0.6) is 0 Å². The van der Waals surface area contributed by atoms with E-state index >= 15 is 0 Å². The van der Waals surface area contributed by atoms with Crippen molar-refractivity contribution in [3.63, 3.8) is 0 Å². The first-order valence-electron chi connectivity index (χ1n) is 5.44. The zero-order valence-corrected chi connectivity index (χ0v) is 10.2. The summed E-state index contributed by atoms with van der Waals surface area (Å²) in [5, 5.41) is 11.2. The number of hydrogen-bond donors (Lipinski definition) is 1. The lowest BCUT2D eigenvalue weighted by Crippen LogP contribution is -2.28. The average molecular weight is 256 g/mol. The van der Waals surface area contributed by atoms with Gasteiger partial charge in [-0.25, -0.2) is 0 Å². The van der Waals surface area contributed by atoms with Gasteiger partial charge in [0, 0.05) is 19.1 Å². The summed E-state index contributed by atoms with van der Waals surface area (Å²) in [6.45, 7) is 3.39. The Morgan fingerprint density at radius 2 is 2.24 bits per heavy atom. The molecule has 6 heteroatoms. The van der Waals surface area contributed by atoms with Gasteiger partial charge in [0.15, 0.2) is 0 Å². The Bertz CT molecular complexity index is 442. The Labute approximate surface area is 104 Å². The number of para-hydroxylation sites is 1. The average Bonchev–Trinajstić information content (AvgIpc) is 2.58. The molecule has 1 aliphatic heterocycles. The largest absolute Gasteiger partial charge is 0.364 e. The van der Waals surface area contributed by atoms with Gasteiger partial charge in [0.1, 0.15) is 10.7 Å². The number of nitro benzene ring substituents is 1. The third kappa shape index (κ3) is 2.21. The molecule has 1 aliphatic rings. The molecule has 0 spiro atoms. The van der Waals surface area contributed by atoms with Crippen molar-refractivity contribution in [1.82, 2.24) is 0 Å². The second kappa shape index (κ2) is 4.50. The van der Waals surface area contributed by atoms with Gasteiger partial charge in [-0.3, -0.25) is 10.1 Å². The predicted octanol–water partition coefficient (Wildman–Crippen LogP) is 2.03. The van der Waals surface area contributed by atoms with Crippen molar-refractivity contribution < 1.29 is 4.92 Å². The summed E-state index contributed by atoms with van der Waals surface area (Å²) in [6.07, 6.45) is 0. The summed E-state index contributed by atoms with van der Waals surface area (Å²) in [7, 11) is 0. The highest BCUT2D eigenvalue weighted by molar-refractivity contribution is 6.33. The first kappa shape index (κ1) is 12.1. The molecule has 1 aromatic carbocycles. The molecule has 0 saturated carbocycles. The molecule has 1 heterocycles. The maximum atomic E-state index is 11.0. The second-order valence-electron chi connectivity index (χ2n) is 4.41. The third-order valence-corrected chi connectivity index (χ3v) is 3.46. The van der Waals surface area contributed by atoms with Crippen LogP contribution in [0.2, 0.25) is 5.02 Å². The lowest BCUT2D eigenvalue weighted by atomic mass is 10.1. The fraction of sp³-hybridized carbons (Fsp3) is 0.455. The molecule has 92 valence electrons. The maximum absolute atomic E-state index is 11.0. The number of nitrogens with two attached hydrogens (primary N) is 1. The molecule has 2 atom stereocenters. The molecule has 0 bridgehead atoms. The minimum absolute atomic E-state index is 0.0320. The van der Waals surface area contributed by atoms with E-state index in [0.29, 0.717) is 18.2 Å². The van der Waals surface area contributed by atoms with E-state index in [-0.39, 0.29) is 16.8 Å².